The first-order chi connectivity index (χ1) is 12.2. The Hall–Kier alpha value is -1.31. The SMILES string of the molecule is CCCC1CCC(C2CCC(c3ccc(OC)c(C=O)c3)CC2)CC1. The van der Waals surface area contributed by atoms with Crippen LogP contribution in [0.5, 0.6) is 5.75 Å². The molecule has 0 spiro atoms. The van der Waals surface area contributed by atoms with Gasteiger partial charge < -0.3 is 4.74 Å². The molecule has 0 aromatic heterocycles. The van der Waals surface area contributed by atoms with Crippen LogP contribution in [0.2, 0.25) is 0 Å². The number of rotatable bonds is 6. The number of methoxy groups -OCH3 is 1. The van der Waals surface area contributed by atoms with Gasteiger partial charge in [-0.1, -0.05) is 38.7 Å². The van der Waals surface area contributed by atoms with E-state index in [1.807, 2.05) is 12.1 Å². The van der Waals surface area contributed by atoms with Crippen molar-refractivity contribution < 1.29 is 9.53 Å². The van der Waals surface area contributed by atoms with E-state index < -0.39 is 0 Å². The Balaban J connectivity index is 1.53. The Bertz CT molecular complexity index is 549. The Morgan fingerprint density at radius 1 is 1.00 bits per heavy atom. The Morgan fingerprint density at radius 3 is 2.20 bits per heavy atom. The molecule has 2 fully saturated rings. The van der Waals surface area contributed by atoms with E-state index in [0.29, 0.717) is 17.2 Å². The second-order valence-electron chi connectivity index (χ2n) is 8.30. The molecule has 0 aliphatic heterocycles. The third-order valence-corrected chi connectivity index (χ3v) is 6.88. The summed E-state index contributed by atoms with van der Waals surface area (Å²) < 4.78 is 5.27. The molecule has 2 aliphatic carbocycles. The van der Waals surface area contributed by atoms with E-state index in [1.54, 1.807) is 7.11 Å². The molecule has 3 rings (SSSR count). The van der Waals surface area contributed by atoms with Gasteiger partial charge in [-0.3, -0.25) is 4.79 Å². The van der Waals surface area contributed by atoms with Gasteiger partial charge in [0.25, 0.3) is 0 Å². The van der Waals surface area contributed by atoms with Crippen molar-refractivity contribution in [3.63, 3.8) is 0 Å². The van der Waals surface area contributed by atoms with Gasteiger partial charge in [-0.25, -0.2) is 0 Å². The molecule has 0 saturated heterocycles. The zero-order valence-corrected chi connectivity index (χ0v) is 16.0. The molecule has 0 atom stereocenters. The van der Waals surface area contributed by atoms with Crippen LogP contribution in [0.15, 0.2) is 18.2 Å². The molecule has 2 heteroatoms. The molecule has 0 radical (unpaired) electrons. The van der Waals surface area contributed by atoms with Gasteiger partial charge in [-0.2, -0.15) is 0 Å². The normalized spacial score (nSPS) is 30.0. The average molecular weight is 343 g/mol. The fourth-order valence-electron chi connectivity index (χ4n) is 5.38. The van der Waals surface area contributed by atoms with Crippen LogP contribution in [0.1, 0.15) is 93.0 Å². The lowest BCUT2D eigenvalue weighted by Crippen LogP contribution is -2.25. The summed E-state index contributed by atoms with van der Waals surface area (Å²) in [5, 5.41) is 0. The predicted octanol–water partition coefficient (Wildman–Crippen LogP) is 6.39. The van der Waals surface area contributed by atoms with Crippen LogP contribution in [0.4, 0.5) is 0 Å². The molecule has 1 aromatic rings. The van der Waals surface area contributed by atoms with Gasteiger partial charge in [-0.15, -0.1) is 0 Å². The summed E-state index contributed by atoms with van der Waals surface area (Å²) in [6.07, 6.45) is 14.9. The van der Waals surface area contributed by atoms with E-state index in [-0.39, 0.29) is 0 Å². The van der Waals surface area contributed by atoms with Crippen molar-refractivity contribution >= 4 is 6.29 Å². The second kappa shape index (κ2) is 8.87. The number of aldehydes is 1. The first-order valence-corrected chi connectivity index (χ1v) is 10.4. The topological polar surface area (TPSA) is 26.3 Å². The van der Waals surface area contributed by atoms with Crippen molar-refractivity contribution in [2.24, 2.45) is 17.8 Å². The lowest BCUT2D eigenvalue weighted by Gasteiger charge is -2.38. The highest BCUT2D eigenvalue weighted by atomic mass is 16.5. The number of ether oxygens (including phenoxy) is 1. The minimum Gasteiger partial charge on any atom is -0.496 e. The lowest BCUT2D eigenvalue weighted by molar-refractivity contribution is 0.112. The van der Waals surface area contributed by atoms with Crippen LogP contribution < -0.4 is 4.74 Å². The highest BCUT2D eigenvalue weighted by molar-refractivity contribution is 5.79. The molecule has 2 saturated carbocycles. The van der Waals surface area contributed by atoms with Crippen molar-refractivity contribution in [2.75, 3.05) is 7.11 Å². The van der Waals surface area contributed by atoms with Gasteiger partial charge in [-0.05, 0) is 79.9 Å². The van der Waals surface area contributed by atoms with Crippen LogP contribution in [0, 0.1) is 17.8 Å². The monoisotopic (exact) mass is 342 g/mol. The van der Waals surface area contributed by atoms with Crippen LogP contribution in [-0.4, -0.2) is 13.4 Å². The van der Waals surface area contributed by atoms with Crippen molar-refractivity contribution in [3.05, 3.63) is 29.3 Å². The average Bonchev–Trinajstić information content (AvgIpc) is 2.68. The van der Waals surface area contributed by atoms with E-state index in [4.69, 9.17) is 4.74 Å². The molecule has 0 heterocycles. The summed E-state index contributed by atoms with van der Waals surface area (Å²) in [4.78, 5) is 11.3. The molecule has 0 unspecified atom stereocenters. The number of hydrogen-bond acceptors (Lipinski definition) is 2. The summed E-state index contributed by atoms with van der Waals surface area (Å²) in [7, 11) is 1.63. The molecular weight excluding hydrogens is 308 g/mol. The first kappa shape index (κ1) is 18.5. The van der Waals surface area contributed by atoms with Crippen LogP contribution in [0.3, 0.4) is 0 Å². The number of hydrogen-bond donors (Lipinski definition) is 0. The van der Waals surface area contributed by atoms with Gasteiger partial charge in [0.05, 0.1) is 12.7 Å². The van der Waals surface area contributed by atoms with Crippen LogP contribution >= 0.6 is 0 Å². The van der Waals surface area contributed by atoms with Crippen molar-refractivity contribution in [1.82, 2.24) is 0 Å². The first-order valence-electron chi connectivity index (χ1n) is 10.4. The van der Waals surface area contributed by atoms with E-state index in [9.17, 15) is 4.79 Å². The smallest absolute Gasteiger partial charge is 0.153 e. The minimum absolute atomic E-state index is 0.622. The predicted molar refractivity (Wildman–Crippen MR) is 103 cm³/mol. The quantitative estimate of drug-likeness (QED) is 0.560. The van der Waals surface area contributed by atoms with E-state index in [0.717, 1.165) is 24.0 Å². The standard InChI is InChI=1S/C23H34O2/c1-3-4-17-5-7-18(8-6-17)19-9-11-20(12-10-19)21-13-14-23(25-2)22(15-21)16-24/h13-20H,3-12H2,1-2H3. The number of carbonyl (C=O) groups excluding carboxylic acids is 1. The largest absolute Gasteiger partial charge is 0.496 e. The Kier molecular flexibility index (Phi) is 6.56. The van der Waals surface area contributed by atoms with E-state index in [1.165, 1.54) is 69.8 Å². The Morgan fingerprint density at radius 2 is 1.64 bits per heavy atom. The van der Waals surface area contributed by atoms with Gasteiger partial charge in [0.2, 0.25) is 0 Å². The summed E-state index contributed by atoms with van der Waals surface area (Å²) >= 11 is 0. The van der Waals surface area contributed by atoms with Crippen LogP contribution in [0.25, 0.3) is 0 Å². The van der Waals surface area contributed by atoms with E-state index in [2.05, 4.69) is 13.0 Å². The van der Waals surface area contributed by atoms with Crippen molar-refractivity contribution in [3.8, 4) is 5.75 Å². The van der Waals surface area contributed by atoms with Crippen molar-refractivity contribution in [2.45, 2.75) is 77.0 Å². The molecule has 0 bridgehead atoms. The van der Waals surface area contributed by atoms with Gasteiger partial charge in [0.15, 0.2) is 6.29 Å². The molecular formula is C23H34O2. The fourth-order valence-corrected chi connectivity index (χ4v) is 5.38. The molecule has 2 aliphatic rings. The maximum absolute atomic E-state index is 11.3. The molecule has 1 aromatic carbocycles. The maximum atomic E-state index is 11.3. The van der Waals surface area contributed by atoms with Crippen LogP contribution in [-0.2, 0) is 0 Å². The molecule has 25 heavy (non-hydrogen) atoms. The van der Waals surface area contributed by atoms with Gasteiger partial charge in [0.1, 0.15) is 5.75 Å². The number of carbonyl (C=O) groups is 1. The molecule has 2 nitrogen and oxygen atoms in total. The Labute approximate surface area is 153 Å². The van der Waals surface area contributed by atoms with Gasteiger partial charge >= 0.3 is 0 Å². The highest BCUT2D eigenvalue weighted by Gasteiger charge is 2.31. The zero-order valence-electron chi connectivity index (χ0n) is 16.0. The number of benzene rings is 1. The highest BCUT2D eigenvalue weighted by Crippen LogP contribution is 2.44. The zero-order chi connectivity index (χ0) is 17.6. The van der Waals surface area contributed by atoms with Crippen molar-refractivity contribution in [1.29, 1.82) is 0 Å². The van der Waals surface area contributed by atoms with E-state index >= 15 is 0 Å². The summed E-state index contributed by atoms with van der Waals surface area (Å²) in [6, 6.07) is 6.17. The maximum Gasteiger partial charge on any atom is 0.153 e. The van der Waals surface area contributed by atoms with Gasteiger partial charge in [0, 0.05) is 0 Å². The molecule has 0 amide bonds. The third-order valence-electron chi connectivity index (χ3n) is 6.88. The lowest BCUT2D eigenvalue weighted by atomic mass is 9.68. The summed E-state index contributed by atoms with van der Waals surface area (Å²) in [5.41, 5.74) is 2.02. The second-order valence-corrected chi connectivity index (χ2v) is 8.30. The molecule has 0 N–H and O–H groups in total. The summed E-state index contributed by atoms with van der Waals surface area (Å²) in [5.74, 6) is 4.25. The molecule has 138 valence electrons. The minimum atomic E-state index is 0.622. The third kappa shape index (κ3) is 4.46. The fraction of sp³-hybridized carbons (Fsp3) is 0.696. The summed E-state index contributed by atoms with van der Waals surface area (Å²) in [6.45, 7) is 2.32.